The van der Waals surface area contributed by atoms with Crippen molar-refractivity contribution < 1.29 is 9.53 Å². The van der Waals surface area contributed by atoms with Crippen LogP contribution in [0.15, 0.2) is 12.1 Å². The van der Waals surface area contributed by atoms with Crippen molar-refractivity contribution in [1.82, 2.24) is 4.98 Å². The minimum Gasteiger partial charge on any atom is -0.465 e. The molecule has 1 heterocycles. The molecule has 4 nitrogen and oxygen atoms in total. The van der Waals surface area contributed by atoms with E-state index in [2.05, 4.69) is 17.2 Å². The number of nitrogens with one attached hydrogen (secondary N) is 1. The van der Waals surface area contributed by atoms with Crippen molar-refractivity contribution in [2.75, 3.05) is 12.4 Å². The van der Waals surface area contributed by atoms with Crippen molar-refractivity contribution in [2.45, 2.75) is 38.6 Å². The zero-order valence-electron chi connectivity index (χ0n) is 10.5. The molecule has 0 aliphatic heterocycles. The van der Waals surface area contributed by atoms with Crippen LogP contribution in [0.5, 0.6) is 0 Å². The summed E-state index contributed by atoms with van der Waals surface area (Å²) in [6, 6.07) is 3.60. The van der Waals surface area contributed by atoms with Gasteiger partial charge >= 0.3 is 5.97 Å². The summed E-state index contributed by atoms with van der Waals surface area (Å²) < 4.78 is 4.69. The van der Waals surface area contributed by atoms with Crippen molar-refractivity contribution in [3.63, 3.8) is 0 Å². The molecule has 0 spiro atoms. The molecule has 4 heteroatoms. The Morgan fingerprint density at radius 2 is 2.18 bits per heavy atom. The van der Waals surface area contributed by atoms with Gasteiger partial charge in [0.15, 0.2) is 0 Å². The molecular weight excluding hydrogens is 216 g/mol. The largest absolute Gasteiger partial charge is 0.465 e. The molecule has 0 bridgehead atoms. The van der Waals surface area contributed by atoms with E-state index in [4.69, 9.17) is 4.74 Å². The first-order chi connectivity index (χ1) is 8.04. The first-order valence-corrected chi connectivity index (χ1v) is 5.88. The second-order valence-electron chi connectivity index (χ2n) is 4.86. The van der Waals surface area contributed by atoms with E-state index in [1.54, 1.807) is 6.07 Å². The van der Waals surface area contributed by atoms with Gasteiger partial charge in [-0.05, 0) is 45.2 Å². The van der Waals surface area contributed by atoms with Gasteiger partial charge in [0.2, 0.25) is 0 Å². The van der Waals surface area contributed by atoms with Crippen LogP contribution in [0.25, 0.3) is 0 Å². The first-order valence-electron chi connectivity index (χ1n) is 5.88. The summed E-state index contributed by atoms with van der Waals surface area (Å²) in [7, 11) is 1.38. The van der Waals surface area contributed by atoms with E-state index in [0.29, 0.717) is 11.3 Å². The summed E-state index contributed by atoms with van der Waals surface area (Å²) in [5.41, 5.74) is 1.40. The molecule has 1 saturated carbocycles. The second-order valence-corrected chi connectivity index (χ2v) is 4.86. The lowest BCUT2D eigenvalue weighted by Crippen LogP contribution is -2.41. The number of carbonyl (C=O) groups is 1. The monoisotopic (exact) mass is 234 g/mol. The fourth-order valence-electron chi connectivity index (χ4n) is 2.10. The smallest absolute Gasteiger partial charge is 0.339 e. The van der Waals surface area contributed by atoms with Gasteiger partial charge in [0, 0.05) is 5.54 Å². The summed E-state index contributed by atoms with van der Waals surface area (Å²) in [6.45, 7) is 4.02. The first kappa shape index (κ1) is 11.9. The van der Waals surface area contributed by atoms with Gasteiger partial charge in [0.1, 0.15) is 5.82 Å². The molecule has 0 radical (unpaired) electrons. The van der Waals surface area contributed by atoms with Gasteiger partial charge in [-0.3, -0.25) is 0 Å². The number of hydrogen-bond acceptors (Lipinski definition) is 4. The molecule has 1 aliphatic rings. The van der Waals surface area contributed by atoms with Gasteiger partial charge in [-0.25, -0.2) is 9.78 Å². The lowest BCUT2D eigenvalue weighted by atomic mass is 9.78. The number of rotatable bonds is 3. The third kappa shape index (κ3) is 2.40. The van der Waals surface area contributed by atoms with Crippen molar-refractivity contribution in [3.05, 3.63) is 23.4 Å². The van der Waals surface area contributed by atoms with Crippen LogP contribution in [0, 0.1) is 6.92 Å². The maximum atomic E-state index is 11.4. The summed E-state index contributed by atoms with van der Waals surface area (Å²) in [4.78, 5) is 15.8. The van der Waals surface area contributed by atoms with Gasteiger partial charge in [0.05, 0.1) is 18.4 Å². The maximum absolute atomic E-state index is 11.4. The highest BCUT2D eigenvalue weighted by atomic mass is 16.5. The number of hydrogen-bond donors (Lipinski definition) is 1. The van der Waals surface area contributed by atoms with Gasteiger partial charge in [-0.15, -0.1) is 0 Å². The Balaban J connectivity index is 2.16. The molecule has 1 N–H and O–H groups in total. The molecular formula is C13H18N2O2. The van der Waals surface area contributed by atoms with Crippen LogP contribution in [0.2, 0.25) is 0 Å². The molecule has 0 atom stereocenters. The van der Waals surface area contributed by atoms with Crippen molar-refractivity contribution in [3.8, 4) is 0 Å². The predicted molar refractivity (Wildman–Crippen MR) is 66.2 cm³/mol. The number of aromatic nitrogens is 1. The SMILES string of the molecule is COC(=O)c1ccc(NC2(C)CCC2)nc1C. The Labute approximate surface area is 101 Å². The lowest BCUT2D eigenvalue weighted by Gasteiger charge is -2.39. The Morgan fingerprint density at radius 3 is 2.65 bits per heavy atom. The lowest BCUT2D eigenvalue weighted by molar-refractivity contribution is 0.0599. The molecule has 92 valence electrons. The quantitative estimate of drug-likeness (QED) is 0.816. The molecule has 2 rings (SSSR count). The highest BCUT2D eigenvalue weighted by Gasteiger charge is 2.31. The Morgan fingerprint density at radius 1 is 1.47 bits per heavy atom. The topological polar surface area (TPSA) is 51.2 Å². The predicted octanol–water partition coefficient (Wildman–Crippen LogP) is 2.53. The standard InChI is InChI=1S/C13H18N2O2/c1-9-10(12(16)17-3)5-6-11(14-9)15-13(2)7-4-8-13/h5-6H,4,7-8H2,1-3H3,(H,14,15). The number of esters is 1. The van der Waals surface area contributed by atoms with Crippen molar-refractivity contribution in [1.29, 1.82) is 0 Å². The van der Waals surface area contributed by atoms with Crippen LogP contribution in [0.4, 0.5) is 5.82 Å². The van der Waals surface area contributed by atoms with E-state index in [1.807, 2.05) is 13.0 Å². The number of methoxy groups -OCH3 is 1. The summed E-state index contributed by atoms with van der Waals surface area (Å²) in [6.07, 6.45) is 3.61. The van der Waals surface area contributed by atoms with E-state index in [-0.39, 0.29) is 11.5 Å². The maximum Gasteiger partial charge on any atom is 0.339 e. The van der Waals surface area contributed by atoms with Crippen LogP contribution < -0.4 is 5.32 Å². The fourth-order valence-corrected chi connectivity index (χ4v) is 2.10. The van der Waals surface area contributed by atoms with Gasteiger partial charge < -0.3 is 10.1 Å². The zero-order chi connectivity index (χ0) is 12.5. The second kappa shape index (κ2) is 4.35. The highest BCUT2D eigenvalue weighted by molar-refractivity contribution is 5.90. The van der Waals surface area contributed by atoms with Gasteiger partial charge in [0.25, 0.3) is 0 Å². The number of aryl methyl sites for hydroxylation is 1. The van der Waals surface area contributed by atoms with E-state index in [0.717, 1.165) is 5.82 Å². The van der Waals surface area contributed by atoms with Crippen LogP contribution >= 0.6 is 0 Å². The molecule has 0 amide bonds. The number of anilines is 1. The summed E-state index contributed by atoms with van der Waals surface area (Å²) >= 11 is 0. The van der Waals surface area contributed by atoms with Crippen molar-refractivity contribution >= 4 is 11.8 Å². The van der Waals surface area contributed by atoms with Gasteiger partial charge in [-0.2, -0.15) is 0 Å². The number of pyridine rings is 1. The minimum atomic E-state index is -0.337. The Bertz CT molecular complexity index is 439. The number of ether oxygens (including phenoxy) is 1. The molecule has 1 fully saturated rings. The highest BCUT2D eigenvalue weighted by Crippen LogP contribution is 2.34. The van der Waals surface area contributed by atoms with Crippen LogP contribution in [-0.2, 0) is 4.74 Å². The molecule has 1 aliphatic carbocycles. The summed E-state index contributed by atoms with van der Waals surface area (Å²) in [5, 5.41) is 3.42. The fraction of sp³-hybridized carbons (Fsp3) is 0.538. The average molecular weight is 234 g/mol. The molecule has 1 aromatic rings. The van der Waals surface area contributed by atoms with E-state index >= 15 is 0 Å². The third-order valence-electron chi connectivity index (χ3n) is 3.38. The molecule has 1 aromatic heterocycles. The van der Waals surface area contributed by atoms with Crippen molar-refractivity contribution in [2.24, 2.45) is 0 Å². The number of carbonyl (C=O) groups excluding carboxylic acids is 1. The molecule has 0 saturated heterocycles. The summed E-state index contributed by atoms with van der Waals surface area (Å²) in [5.74, 6) is 0.494. The normalized spacial score (nSPS) is 17.1. The van der Waals surface area contributed by atoms with E-state index in [9.17, 15) is 4.79 Å². The molecule has 0 aromatic carbocycles. The molecule has 0 unspecified atom stereocenters. The molecule has 17 heavy (non-hydrogen) atoms. The Kier molecular flexibility index (Phi) is 3.05. The van der Waals surface area contributed by atoms with E-state index in [1.165, 1.54) is 26.4 Å². The zero-order valence-corrected chi connectivity index (χ0v) is 10.5. The van der Waals surface area contributed by atoms with E-state index < -0.39 is 0 Å². The van der Waals surface area contributed by atoms with Crippen LogP contribution in [0.3, 0.4) is 0 Å². The van der Waals surface area contributed by atoms with Crippen LogP contribution in [-0.4, -0.2) is 23.6 Å². The number of nitrogens with zero attached hydrogens (tertiary/aromatic N) is 1. The van der Waals surface area contributed by atoms with Crippen LogP contribution in [0.1, 0.15) is 42.2 Å². The minimum absolute atomic E-state index is 0.173. The Hall–Kier alpha value is -1.58. The third-order valence-corrected chi connectivity index (χ3v) is 3.38. The van der Waals surface area contributed by atoms with Gasteiger partial charge in [-0.1, -0.05) is 0 Å². The average Bonchev–Trinajstić information content (AvgIpc) is 2.26.